The van der Waals surface area contributed by atoms with Crippen molar-refractivity contribution in [3.05, 3.63) is 88.4 Å². The average Bonchev–Trinajstić information content (AvgIpc) is 2.93. The van der Waals surface area contributed by atoms with Gasteiger partial charge in [0.25, 0.3) is 0 Å². The summed E-state index contributed by atoms with van der Waals surface area (Å²) in [6.45, 7) is 2.82. The molecule has 0 bridgehead atoms. The van der Waals surface area contributed by atoms with Crippen molar-refractivity contribution >= 4 is 47.1 Å². The molecule has 0 aliphatic rings. The molecule has 7 N–H and O–H groups in total. The Labute approximate surface area is 252 Å². The molecule has 0 aliphatic heterocycles. The Bertz CT molecular complexity index is 1520. The van der Waals surface area contributed by atoms with E-state index in [0.717, 1.165) is 0 Å². The first kappa shape index (κ1) is 32.4. The molecule has 226 valence electrons. The van der Waals surface area contributed by atoms with Gasteiger partial charge in [0.15, 0.2) is 11.6 Å². The predicted molar refractivity (Wildman–Crippen MR) is 159 cm³/mol. The van der Waals surface area contributed by atoms with E-state index in [1.807, 2.05) is 0 Å². The maximum absolute atomic E-state index is 12.6. The van der Waals surface area contributed by atoms with Crippen LogP contribution in [0.3, 0.4) is 0 Å². The summed E-state index contributed by atoms with van der Waals surface area (Å²) in [7, 11) is 0. The topological polar surface area (TPSA) is 204 Å². The summed E-state index contributed by atoms with van der Waals surface area (Å²) in [5.74, 6) is -3.06. The number of carboxylic acid groups (broad SMARTS) is 2. The lowest BCUT2D eigenvalue weighted by Gasteiger charge is -2.21. The van der Waals surface area contributed by atoms with Crippen LogP contribution in [0, 0.1) is 0 Å². The number of esters is 1. The number of carbonyl (C=O) groups excluding carboxylic acids is 2. The van der Waals surface area contributed by atoms with E-state index in [0.29, 0.717) is 22.6 Å². The number of carbonyl (C=O) groups is 4. The van der Waals surface area contributed by atoms with Crippen LogP contribution in [0.25, 0.3) is 0 Å². The van der Waals surface area contributed by atoms with Crippen LogP contribution in [-0.4, -0.2) is 51.6 Å². The quantitative estimate of drug-likeness (QED) is 0.0825. The maximum atomic E-state index is 12.6. The van der Waals surface area contributed by atoms with Crippen molar-refractivity contribution in [2.75, 3.05) is 0 Å². The standard InChI is InChI=1S/C30H31ClN4O8/c1-30(2,28(40)41)43-21-11-3-17(4-12-21)15-24(26(37)38)35-25(36)14-8-18-7-13-22(16-23(18)31)42-27(39)19-5-9-20(10-6-19)34-29(32)33/h3-7,9-13,16,24H,8,14-15H2,1-2H3,(H,35,36)(H,37,38)(H,40,41)(H4,32,33,34)/t24-/m0/s1. The minimum Gasteiger partial charge on any atom is -0.480 e. The van der Waals surface area contributed by atoms with Crippen molar-refractivity contribution in [2.45, 2.75) is 44.8 Å². The summed E-state index contributed by atoms with van der Waals surface area (Å²) in [6, 6.07) is 15.8. The van der Waals surface area contributed by atoms with Gasteiger partial charge in [-0.15, -0.1) is 0 Å². The van der Waals surface area contributed by atoms with Crippen LogP contribution < -0.4 is 26.3 Å². The molecule has 12 nitrogen and oxygen atoms in total. The van der Waals surface area contributed by atoms with Crippen LogP contribution in [0.1, 0.15) is 41.8 Å². The van der Waals surface area contributed by atoms with E-state index >= 15 is 0 Å². The fourth-order valence-corrected chi connectivity index (χ4v) is 4.03. The number of aliphatic carboxylic acids is 2. The molecule has 3 rings (SSSR count). The van der Waals surface area contributed by atoms with E-state index in [-0.39, 0.29) is 41.6 Å². The number of nitrogens with one attached hydrogen (secondary N) is 1. The van der Waals surface area contributed by atoms with Crippen LogP contribution in [0.4, 0.5) is 5.69 Å². The highest BCUT2D eigenvalue weighted by atomic mass is 35.5. The number of hydrogen-bond acceptors (Lipinski definition) is 7. The third-order valence-corrected chi connectivity index (χ3v) is 6.45. The van der Waals surface area contributed by atoms with Gasteiger partial charge in [0.1, 0.15) is 17.5 Å². The number of guanidine groups is 1. The van der Waals surface area contributed by atoms with Gasteiger partial charge >= 0.3 is 17.9 Å². The number of aliphatic imine (C=N–C) groups is 1. The summed E-state index contributed by atoms with van der Waals surface area (Å²) in [4.78, 5) is 52.0. The molecular formula is C30H31ClN4O8. The zero-order valence-electron chi connectivity index (χ0n) is 23.4. The number of aryl methyl sites for hydroxylation is 1. The molecule has 43 heavy (non-hydrogen) atoms. The van der Waals surface area contributed by atoms with Crippen LogP contribution in [0.15, 0.2) is 71.7 Å². The smallest absolute Gasteiger partial charge is 0.347 e. The second kappa shape index (κ2) is 14.2. The van der Waals surface area contributed by atoms with E-state index in [9.17, 15) is 29.4 Å². The van der Waals surface area contributed by atoms with Crippen LogP contribution in [0.5, 0.6) is 11.5 Å². The first-order chi connectivity index (χ1) is 20.2. The number of halogens is 1. The fraction of sp³-hybridized carbons (Fsp3) is 0.233. The Balaban J connectivity index is 1.54. The van der Waals surface area contributed by atoms with Gasteiger partial charge in [-0.1, -0.05) is 29.8 Å². The highest BCUT2D eigenvalue weighted by Gasteiger charge is 2.29. The Morgan fingerprint density at radius 1 is 0.953 bits per heavy atom. The zero-order valence-corrected chi connectivity index (χ0v) is 24.1. The highest BCUT2D eigenvalue weighted by molar-refractivity contribution is 6.31. The minimum absolute atomic E-state index is 0.00150. The zero-order chi connectivity index (χ0) is 31.7. The Morgan fingerprint density at radius 3 is 2.14 bits per heavy atom. The summed E-state index contributed by atoms with van der Waals surface area (Å²) in [6.07, 6.45) is 0.173. The minimum atomic E-state index is -1.43. The van der Waals surface area contributed by atoms with Gasteiger partial charge in [0, 0.05) is 17.9 Å². The summed E-state index contributed by atoms with van der Waals surface area (Å²) >= 11 is 6.35. The van der Waals surface area contributed by atoms with Crippen LogP contribution in [0.2, 0.25) is 5.02 Å². The SMILES string of the molecule is CC(C)(Oc1ccc(C[C@H](NC(=O)CCc2ccc(OC(=O)c3ccc(N=C(N)N)cc3)cc2Cl)C(=O)O)cc1)C(=O)O. The molecule has 0 aliphatic carbocycles. The molecule has 3 aromatic carbocycles. The fourth-order valence-electron chi connectivity index (χ4n) is 3.76. The number of nitrogens with zero attached hydrogens (tertiary/aromatic N) is 1. The lowest BCUT2D eigenvalue weighted by atomic mass is 10.0. The van der Waals surface area contributed by atoms with E-state index in [2.05, 4.69) is 10.3 Å². The second-order valence-electron chi connectivity index (χ2n) is 9.95. The van der Waals surface area contributed by atoms with Crippen molar-refractivity contribution < 1.29 is 38.9 Å². The predicted octanol–water partition coefficient (Wildman–Crippen LogP) is 3.45. The van der Waals surface area contributed by atoms with Gasteiger partial charge in [-0.05, 0) is 79.9 Å². The molecule has 1 amide bonds. The Morgan fingerprint density at radius 2 is 1.58 bits per heavy atom. The molecular weight excluding hydrogens is 580 g/mol. The molecule has 13 heteroatoms. The number of amides is 1. The first-order valence-corrected chi connectivity index (χ1v) is 13.3. The van der Waals surface area contributed by atoms with Crippen molar-refractivity contribution in [1.82, 2.24) is 5.32 Å². The van der Waals surface area contributed by atoms with E-state index < -0.39 is 35.5 Å². The summed E-state index contributed by atoms with van der Waals surface area (Å²) in [5.41, 5.74) is 11.2. The number of ether oxygens (including phenoxy) is 2. The second-order valence-corrected chi connectivity index (χ2v) is 10.4. The summed E-state index contributed by atoms with van der Waals surface area (Å²) in [5, 5.41) is 21.6. The van der Waals surface area contributed by atoms with Gasteiger partial charge in [0.2, 0.25) is 5.91 Å². The van der Waals surface area contributed by atoms with Gasteiger partial charge in [-0.25, -0.2) is 19.4 Å². The van der Waals surface area contributed by atoms with Crippen molar-refractivity contribution in [3.63, 3.8) is 0 Å². The number of rotatable bonds is 13. The number of hydrogen-bond donors (Lipinski definition) is 5. The monoisotopic (exact) mass is 610 g/mol. The van der Waals surface area contributed by atoms with Crippen molar-refractivity contribution in [1.29, 1.82) is 0 Å². The van der Waals surface area contributed by atoms with Crippen LogP contribution in [-0.2, 0) is 27.2 Å². The molecule has 1 atom stereocenters. The lowest BCUT2D eigenvalue weighted by molar-refractivity contribution is -0.152. The van der Waals surface area contributed by atoms with Gasteiger partial charge in [0.05, 0.1) is 11.3 Å². The Kier molecular flexibility index (Phi) is 10.7. The largest absolute Gasteiger partial charge is 0.480 e. The molecule has 0 aromatic heterocycles. The van der Waals surface area contributed by atoms with E-state index in [1.54, 1.807) is 30.3 Å². The van der Waals surface area contributed by atoms with Crippen molar-refractivity contribution in [2.24, 2.45) is 16.5 Å². The van der Waals surface area contributed by atoms with Crippen LogP contribution >= 0.6 is 11.6 Å². The average molecular weight is 611 g/mol. The van der Waals surface area contributed by atoms with Gasteiger partial charge in [-0.3, -0.25) is 4.79 Å². The molecule has 0 fully saturated rings. The molecule has 0 radical (unpaired) electrons. The lowest BCUT2D eigenvalue weighted by Crippen LogP contribution is -2.42. The maximum Gasteiger partial charge on any atom is 0.347 e. The molecule has 0 unspecified atom stereocenters. The third-order valence-electron chi connectivity index (χ3n) is 6.10. The molecule has 0 spiro atoms. The Hall–Kier alpha value is -5.10. The van der Waals surface area contributed by atoms with Gasteiger partial charge < -0.3 is 36.5 Å². The third kappa shape index (κ3) is 9.75. The van der Waals surface area contributed by atoms with E-state index in [4.69, 9.17) is 32.5 Å². The molecule has 0 heterocycles. The highest BCUT2D eigenvalue weighted by Crippen LogP contribution is 2.25. The first-order valence-electron chi connectivity index (χ1n) is 13.0. The number of nitrogens with two attached hydrogens (primary N) is 2. The number of benzene rings is 3. The molecule has 0 saturated heterocycles. The molecule has 0 saturated carbocycles. The molecule has 3 aromatic rings. The van der Waals surface area contributed by atoms with E-state index in [1.165, 1.54) is 50.2 Å². The normalized spacial score (nSPS) is 11.6. The van der Waals surface area contributed by atoms with Gasteiger partial charge in [-0.2, -0.15) is 0 Å². The number of carboxylic acids is 2. The summed E-state index contributed by atoms with van der Waals surface area (Å²) < 4.78 is 10.8. The van der Waals surface area contributed by atoms with Crippen molar-refractivity contribution in [3.8, 4) is 11.5 Å².